The highest BCUT2D eigenvalue weighted by molar-refractivity contribution is 5.68. The molecule has 0 spiro atoms. The second-order valence-electron chi connectivity index (χ2n) is 4.30. The Morgan fingerprint density at radius 2 is 2.19 bits per heavy atom. The third-order valence-electron chi connectivity index (χ3n) is 2.76. The molecule has 0 unspecified atom stereocenters. The van der Waals surface area contributed by atoms with Gasteiger partial charge in [0.05, 0.1) is 11.4 Å². The molecule has 0 amide bonds. The first kappa shape index (κ1) is 15.0. The Morgan fingerprint density at radius 3 is 2.86 bits per heavy atom. The van der Waals surface area contributed by atoms with Crippen molar-refractivity contribution in [3.8, 4) is 5.75 Å². The first-order valence-corrected chi connectivity index (χ1v) is 6.31. The summed E-state index contributed by atoms with van der Waals surface area (Å²) in [5.41, 5.74) is 6.12. The van der Waals surface area contributed by atoms with Crippen LogP contribution in [0, 0.1) is 5.82 Å². The van der Waals surface area contributed by atoms with Crippen LogP contribution in [0.1, 0.15) is 6.42 Å². The molecule has 2 aromatic rings. The number of rotatable bonds is 7. The number of halogens is 3. The quantitative estimate of drug-likeness (QED) is 0.609. The number of hydrogen-bond donors (Lipinski definition) is 2. The van der Waals surface area contributed by atoms with Crippen LogP contribution in [-0.4, -0.2) is 22.9 Å². The van der Waals surface area contributed by atoms with Crippen LogP contribution in [0.25, 0.3) is 0 Å². The zero-order valence-electron chi connectivity index (χ0n) is 11.1. The maximum absolute atomic E-state index is 13.4. The van der Waals surface area contributed by atoms with Gasteiger partial charge in [0, 0.05) is 37.6 Å². The van der Waals surface area contributed by atoms with Gasteiger partial charge in [0.25, 0.3) is 0 Å². The fourth-order valence-corrected chi connectivity index (χ4v) is 1.80. The Kier molecular flexibility index (Phi) is 4.91. The van der Waals surface area contributed by atoms with Gasteiger partial charge in [0.1, 0.15) is 0 Å². The van der Waals surface area contributed by atoms with Gasteiger partial charge in [-0.15, -0.1) is 0 Å². The normalized spacial score (nSPS) is 10.9. The predicted octanol–water partition coefficient (Wildman–Crippen LogP) is 2.71. The lowest BCUT2D eigenvalue weighted by atomic mass is 10.2. The summed E-state index contributed by atoms with van der Waals surface area (Å²) in [6.07, 6.45) is 4.25. The van der Waals surface area contributed by atoms with Crippen LogP contribution in [0.3, 0.4) is 0 Å². The minimum Gasteiger partial charge on any atom is -0.432 e. The predicted molar refractivity (Wildman–Crippen MR) is 72.8 cm³/mol. The molecular weight excluding hydrogens is 285 g/mol. The van der Waals surface area contributed by atoms with E-state index < -0.39 is 18.2 Å². The van der Waals surface area contributed by atoms with E-state index in [2.05, 4.69) is 15.2 Å². The van der Waals surface area contributed by atoms with Crippen molar-refractivity contribution in [2.24, 2.45) is 0 Å². The molecule has 114 valence electrons. The summed E-state index contributed by atoms with van der Waals surface area (Å²) in [5, 5.41) is 7.01. The molecule has 0 aliphatic heterocycles. The van der Waals surface area contributed by atoms with Gasteiger partial charge in [-0.05, 0) is 12.5 Å². The zero-order chi connectivity index (χ0) is 15.2. The van der Waals surface area contributed by atoms with Crippen molar-refractivity contribution in [2.45, 2.75) is 19.6 Å². The van der Waals surface area contributed by atoms with Crippen LogP contribution in [0.2, 0.25) is 0 Å². The topological polar surface area (TPSA) is 65.1 Å². The third kappa shape index (κ3) is 4.30. The van der Waals surface area contributed by atoms with E-state index in [1.54, 1.807) is 10.9 Å². The SMILES string of the molecule is Nc1cc(F)c(OC(F)F)cc1NCCCn1cccn1. The zero-order valence-corrected chi connectivity index (χ0v) is 11.1. The molecule has 0 fully saturated rings. The summed E-state index contributed by atoms with van der Waals surface area (Å²) in [6.45, 7) is -1.86. The number of aryl methyl sites for hydroxylation is 1. The molecule has 0 bridgehead atoms. The van der Waals surface area contributed by atoms with Gasteiger partial charge in [0.2, 0.25) is 0 Å². The van der Waals surface area contributed by atoms with Crippen molar-refractivity contribution in [1.29, 1.82) is 0 Å². The largest absolute Gasteiger partial charge is 0.432 e. The molecule has 0 saturated heterocycles. The number of nitrogens with two attached hydrogens (primary N) is 1. The molecule has 1 heterocycles. The van der Waals surface area contributed by atoms with E-state index in [0.29, 0.717) is 18.8 Å². The van der Waals surface area contributed by atoms with Crippen molar-refractivity contribution >= 4 is 11.4 Å². The van der Waals surface area contributed by atoms with Crippen LogP contribution >= 0.6 is 0 Å². The highest BCUT2D eigenvalue weighted by Crippen LogP contribution is 2.29. The number of nitrogens with one attached hydrogen (secondary N) is 1. The van der Waals surface area contributed by atoms with Gasteiger partial charge in [-0.2, -0.15) is 13.9 Å². The van der Waals surface area contributed by atoms with Crippen molar-refractivity contribution in [3.63, 3.8) is 0 Å². The molecule has 21 heavy (non-hydrogen) atoms. The first-order chi connectivity index (χ1) is 10.1. The minimum atomic E-state index is -3.09. The molecule has 0 radical (unpaired) electrons. The summed E-state index contributed by atoms with van der Waals surface area (Å²) in [7, 11) is 0. The lowest BCUT2D eigenvalue weighted by Crippen LogP contribution is -2.10. The van der Waals surface area contributed by atoms with Crippen molar-refractivity contribution < 1.29 is 17.9 Å². The van der Waals surface area contributed by atoms with Crippen LogP contribution in [-0.2, 0) is 6.54 Å². The van der Waals surface area contributed by atoms with E-state index in [4.69, 9.17) is 5.73 Å². The van der Waals surface area contributed by atoms with Gasteiger partial charge in [-0.3, -0.25) is 4.68 Å². The second-order valence-corrected chi connectivity index (χ2v) is 4.30. The number of nitrogen functional groups attached to an aromatic ring is 1. The molecule has 0 aliphatic rings. The van der Waals surface area contributed by atoms with Gasteiger partial charge in [0.15, 0.2) is 11.6 Å². The van der Waals surface area contributed by atoms with E-state index in [0.717, 1.165) is 18.6 Å². The maximum Gasteiger partial charge on any atom is 0.387 e. The van der Waals surface area contributed by atoms with Gasteiger partial charge >= 0.3 is 6.61 Å². The van der Waals surface area contributed by atoms with E-state index in [1.165, 1.54) is 0 Å². The van der Waals surface area contributed by atoms with E-state index in [-0.39, 0.29) is 5.69 Å². The van der Waals surface area contributed by atoms with Crippen molar-refractivity contribution in [3.05, 3.63) is 36.4 Å². The molecule has 8 heteroatoms. The highest BCUT2D eigenvalue weighted by atomic mass is 19.3. The standard InChI is InChI=1S/C13H15F3N4O/c14-9-7-10(17)11(8-12(9)21-13(15)16)18-3-1-5-20-6-2-4-19-20/h2,4,6-8,13,18H,1,3,5,17H2. The fourth-order valence-electron chi connectivity index (χ4n) is 1.80. The number of aromatic nitrogens is 2. The molecule has 0 atom stereocenters. The van der Waals surface area contributed by atoms with Gasteiger partial charge < -0.3 is 15.8 Å². The first-order valence-electron chi connectivity index (χ1n) is 6.31. The van der Waals surface area contributed by atoms with Crippen LogP contribution in [0.4, 0.5) is 24.5 Å². The third-order valence-corrected chi connectivity index (χ3v) is 2.76. The van der Waals surface area contributed by atoms with E-state index in [9.17, 15) is 13.2 Å². The Morgan fingerprint density at radius 1 is 1.38 bits per heavy atom. The number of hydrogen-bond acceptors (Lipinski definition) is 4. The molecule has 1 aromatic carbocycles. The van der Waals surface area contributed by atoms with Crippen molar-refractivity contribution in [1.82, 2.24) is 9.78 Å². The summed E-state index contributed by atoms with van der Waals surface area (Å²) in [6, 6.07) is 3.90. The van der Waals surface area contributed by atoms with Crippen molar-refractivity contribution in [2.75, 3.05) is 17.6 Å². The monoisotopic (exact) mass is 300 g/mol. The Labute approximate surface area is 119 Å². The molecule has 3 N–H and O–H groups in total. The average molecular weight is 300 g/mol. The van der Waals surface area contributed by atoms with Crippen LogP contribution in [0.15, 0.2) is 30.6 Å². The molecule has 5 nitrogen and oxygen atoms in total. The number of ether oxygens (including phenoxy) is 1. The van der Waals surface area contributed by atoms with Gasteiger partial charge in [-0.25, -0.2) is 4.39 Å². The van der Waals surface area contributed by atoms with Crippen LogP contribution < -0.4 is 15.8 Å². The summed E-state index contributed by atoms with van der Waals surface area (Å²) >= 11 is 0. The second kappa shape index (κ2) is 6.87. The highest BCUT2D eigenvalue weighted by Gasteiger charge is 2.13. The van der Waals surface area contributed by atoms with Crippen LogP contribution in [0.5, 0.6) is 5.75 Å². The fraction of sp³-hybridized carbons (Fsp3) is 0.308. The minimum absolute atomic E-state index is 0.133. The molecule has 1 aromatic heterocycles. The molecule has 0 saturated carbocycles. The molecule has 2 rings (SSSR count). The molecular formula is C13H15F3N4O. The van der Waals surface area contributed by atoms with Gasteiger partial charge in [-0.1, -0.05) is 0 Å². The number of benzene rings is 1. The number of alkyl halides is 2. The summed E-state index contributed by atoms with van der Waals surface area (Å²) < 4.78 is 43.5. The maximum atomic E-state index is 13.4. The lowest BCUT2D eigenvalue weighted by Gasteiger charge is -2.12. The summed E-state index contributed by atoms with van der Waals surface area (Å²) in [4.78, 5) is 0. The van der Waals surface area contributed by atoms with E-state index >= 15 is 0 Å². The smallest absolute Gasteiger partial charge is 0.387 e. The lowest BCUT2D eigenvalue weighted by molar-refractivity contribution is -0.0521. The Balaban J connectivity index is 1.92. The van der Waals surface area contributed by atoms with E-state index in [1.807, 2.05) is 12.3 Å². The molecule has 0 aliphatic carbocycles. The Hall–Kier alpha value is -2.38. The average Bonchev–Trinajstić information content (AvgIpc) is 2.92. The Bertz CT molecular complexity index is 575. The number of anilines is 2. The number of nitrogens with zero attached hydrogens (tertiary/aromatic N) is 2. The summed E-state index contributed by atoms with van der Waals surface area (Å²) in [5.74, 6) is -1.45.